The van der Waals surface area contributed by atoms with E-state index in [1.807, 2.05) is 41.8 Å². The summed E-state index contributed by atoms with van der Waals surface area (Å²) in [6.07, 6.45) is 2.73. The molecule has 0 fully saturated rings. The Hall–Kier alpha value is -2.60. The smallest absolute Gasteiger partial charge is 0.310 e. The van der Waals surface area contributed by atoms with Gasteiger partial charge in [-0.1, -0.05) is 24.3 Å². The van der Waals surface area contributed by atoms with Crippen LogP contribution in [-0.2, 0) is 27.2 Å². The molecule has 3 aromatic rings. The number of rotatable bonds is 7. The molecule has 2 heterocycles. The van der Waals surface area contributed by atoms with E-state index in [1.54, 1.807) is 17.5 Å². The van der Waals surface area contributed by atoms with E-state index < -0.39 is 5.97 Å². The second kappa shape index (κ2) is 7.79. The van der Waals surface area contributed by atoms with Crippen molar-refractivity contribution in [3.05, 3.63) is 58.4 Å². The SMILES string of the molecule is O=C(COC(=O)Cc1c[nH]c2ccccc12)NCCc1cccs1. The molecule has 3 rings (SSSR count). The maximum absolute atomic E-state index is 11.9. The number of para-hydroxylation sites is 1. The van der Waals surface area contributed by atoms with Crippen molar-refractivity contribution in [1.29, 1.82) is 0 Å². The van der Waals surface area contributed by atoms with Gasteiger partial charge in [0.15, 0.2) is 6.61 Å². The quantitative estimate of drug-likeness (QED) is 0.649. The minimum atomic E-state index is -0.409. The normalized spacial score (nSPS) is 10.7. The molecule has 2 N–H and O–H groups in total. The van der Waals surface area contributed by atoms with E-state index in [0.717, 1.165) is 22.9 Å². The van der Waals surface area contributed by atoms with Crippen LogP contribution in [0.4, 0.5) is 0 Å². The van der Waals surface area contributed by atoms with Crippen molar-refractivity contribution >= 4 is 34.1 Å². The highest BCUT2D eigenvalue weighted by Gasteiger charge is 2.11. The molecule has 24 heavy (non-hydrogen) atoms. The number of esters is 1. The zero-order valence-electron chi connectivity index (χ0n) is 13.1. The first-order chi connectivity index (χ1) is 11.7. The second-order valence-corrected chi connectivity index (χ2v) is 6.41. The van der Waals surface area contributed by atoms with E-state index in [4.69, 9.17) is 4.74 Å². The zero-order chi connectivity index (χ0) is 16.8. The molecule has 124 valence electrons. The van der Waals surface area contributed by atoms with E-state index in [-0.39, 0.29) is 18.9 Å². The summed E-state index contributed by atoms with van der Waals surface area (Å²) < 4.78 is 5.05. The van der Waals surface area contributed by atoms with E-state index in [2.05, 4.69) is 10.3 Å². The molecule has 0 aliphatic heterocycles. The van der Waals surface area contributed by atoms with Gasteiger partial charge in [0.05, 0.1) is 6.42 Å². The molecular weight excluding hydrogens is 324 g/mol. The number of thiophene rings is 1. The van der Waals surface area contributed by atoms with E-state index >= 15 is 0 Å². The third-order valence-electron chi connectivity index (χ3n) is 3.65. The third kappa shape index (κ3) is 4.23. The van der Waals surface area contributed by atoms with Gasteiger partial charge in [0.1, 0.15) is 0 Å². The van der Waals surface area contributed by atoms with Gasteiger partial charge in [0.2, 0.25) is 0 Å². The Kier molecular flexibility index (Phi) is 5.28. The van der Waals surface area contributed by atoms with Crippen molar-refractivity contribution in [2.24, 2.45) is 0 Å². The molecule has 5 nitrogen and oxygen atoms in total. The number of aromatic amines is 1. The van der Waals surface area contributed by atoms with Crippen LogP contribution in [0.3, 0.4) is 0 Å². The number of carbonyl (C=O) groups is 2. The molecule has 0 bridgehead atoms. The summed E-state index contributed by atoms with van der Waals surface area (Å²) >= 11 is 1.66. The summed E-state index contributed by atoms with van der Waals surface area (Å²) in [5, 5.41) is 5.75. The summed E-state index contributed by atoms with van der Waals surface area (Å²) in [7, 11) is 0. The molecule has 1 amide bonds. The highest BCUT2D eigenvalue weighted by atomic mass is 32.1. The fourth-order valence-electron chi connectivity index (χ4n) is 2.46. The van der Waals surface area contributed by atoms with Gasteiger partial charge in [-0.25, -0.2) is 0 Å². The lowest BCUT2D eigenvalue weighted by Gasteiger charge is -2.06. The molecule has 2 aromatic heterocycles. The molecule has 0 saturated carbocycles. The average molecular weight is 342 g/mol. The van der Waals surface area contributed by atoms with Gasteiger partial charge in [-0.3, -0.25) is 9.59 Å². The van der Waals surface area contributed by atoms with Crippen LogP contribution < -0.4 is 5.32 Å². The van der Waals surface area contributed by atoms with Crippen molar-refractivity contribution < 1.29 is 14.3 Å². The van der Waals surface area contributed by atoms with Crippen molar-refractivity contribution in [2.75, 3.05) is 13.2 Å². The maximum Gasteiger partial charge on any atom is 0.310 e. The lowest BCUT2D eigenvalue weighted by molar-refractivity contribution is -0.147. The number of carbonyl (C=O) groups excluding carboxylic acids is 2. The summed E-state index contributed by atoms with van der Waals surface area (Å²) in [5.41, 5.74) is 1.85. The predicted octanol–water partition coefficient (Wildman–Crippen LogP) is 2.67. The van der Waals surface area contributed by atoms with Gasteiger partial charge in [0, 0.05) is 28.5 Å². The molecule has 0 radical (unpaired) electrons. The lowest BCUT2D eigenvalue weighted by atomic mass is 10.1. The summed E-state index contributed by atoms with van der Waals surface area (Å²) in [6.45, 7) is 0.297. The Labute approximate surface area is 143 Å². The highest BCUT2D eigenvalue weighted by Crippen LogP contribution is 2.18. The van der Waals surface area contributed by atoms with Crippen LogP contribution in [0.15, 0.2) is 48.0 Å². The van der Waals surface area contributed by atoms with Crippen molar-refractivity contribution in [1.82, 2.24) is 10.3 Å². The molecule has 1 aromatic carbocycles. The fraction of sp³-hybridized carbons (Fsp3) is 0.222. The molecule has 6 heteroatoms. The maximum atomic E-state index is 11.9. The number of benzene rings is 1. The number of amides is 1. The van der Waals surface area contributed by atoms with E-state index in [0.29, 0.717) is 6.54 Å². The highest BCUT2D eigenvalue weighted by molar-refractivity contribution is 7.09. The Bertz CT molecular complexity index is 824. The number of hydrogen-bond donors (Lipinski definition) is 2. The summed E-state index contributed by atoms with van der Waals surface area (Å²) in [5.74, 6) is -0.688. The molecule has 0 saturated heterocycles. The van der Waals surface area contributed by atoms with Crippen LogP contribution in [0.1, 0.15) is 10.4 Å². The van der Waals surface area contributed by atoms with Crippen molar-refractivity contribution in [2.45, 2.75) is 12.8 Å². The van der Waals surface area contributed by atoms with Gasteiger partial charge in [-0.15, -0.1) is 11.3 Å². The van der Waals surface area contributed by atoms with Gasteiger partial charge in [-0.05, 0) is 29.5 Å². The first-order valence-corrected chi connectivity index (χ1v) is 8.60. The Morgan fingerprint density at radius 3 is 2.88 bits per heavy atom. The van der Waals surface area contributed by atoms with E-state index in [9.17, 15) is 9.59 Å². The van der Waals surface area contributed by atoms with Crippen LogP contribution in [0.25, 0.3) is 10.9 Å². The first-order valence-electron chi connectivity index (χ1n) is 7.72. The monoisotopic (exact) mass is 342 g/mol. The van der Waals surface area contributed by atoms with Crippen LogP contribution in [0.2, 0.25) is 0 Å². The van der Waals surface area contributed by atoms with Crippen LogP contribution >= 0.6 is 11.3 Å². The molecular formula is C18H18N2O3S. The van der Waals surface area contributed by atoms with Crippen molar-refractivity contribution in [3.8, 4) is 0 Å². The minimum Gasteiger partial charge on any atom is -0.455 e. The number of nitrogens with one attached hydrogen (secondary N) is 2. The molecule has 0 unspecified atom stereocenters. The molecule has 0 atom stereocenters. The van der Waals surface area contributed by atoms with Crippen molar-refractivity contribution in [3.63, 3.8) is 0 Å². The minimum absolute atomic E-state index is 0.145. The van der Waals surface area contributed by atoms with Gasteiger partial charge in [-0.2, -0.15) is 0 Å². The second-order valence-electron chi connectivity index (χ2n) is 5.38. The number of aromatic nitrogens is 1. The average Bonchev–Trinajstić information content (AvgIpc) is 3.23. The first kappa shape index (κ1) is 16.3. The number of fused-ring (bicyclic) bond motifs is 1. The lowest BCUT2D eigenvalue weighted by Crippen LogP contribution is -2.30. The number of ether oxygens (including phenoxy) is 1. The van der Waals surface area contributed by atoms with Gasteiger partial charge >= 0.3 is 5.97 Å². The Morgan fingerprint density at radius 1 is 1.17 bits per heavy atom. The zero-order valence-corrected chi connectivity index (χ0v) is 13.9. The third-order valence-corrected chi connectivity index (χ3v) is 4.58. The molecule has 0 aliphatic carbocycles. The van der Waals surface area contributed by atoms with Gasteiger partial charge in [0.25, 0.3) is 5.91 Å². The largest absolute Gasteiger partial charge is 0.455 e. The van der Waals surface area contributed by atoms with Crippen LogP contribution in [0, 0.1) is 0 Å². The fourth-order valence-corrected chi connectivity index (χ4v) is 3.17. The predicted molar refractivity (Wildman–Crippen MR) is 94.0 cm³/mol. The summed E-state index contributed by atoms with van der Waals surface area (Å²) in [6, 6.07) is 11.8. The number of hydrogen-bond acceptors (Lipinski definition) is 4. The Balaban J connectivity index is 1.41. The standard InChI is InChI=1S/C18H18N2O3S/c21-17(19-8-7-14-4-3-9-24-14)12-23-18(22)10-13-11-20-16-6-2-1-5-15(13)16/h1-6,9,11,20H,7-8,10,12H2,(H,19,21). The molecule has 0 spiro atoms. The van der Waals surface area contributed by atoms with Crippen LogP contribution in [-0.4, -0.2) is 30.0 Å². The Morgan fingerprint density at radius 2 is 2.04 bits per heavy atom. The van der Waals surface area contributed by atoms with Crippen LogP contribution in [0.5, 0.6) is 0 Å². The summed E-state index contributed by atoms with van der Waals surface area (Å²) in [4.78, 5) is 27.9. The molecule has 0 aliphatic rings. The topological polar surface area (TPSA) is 71.2 Å². The van der Waals surface area contributed by atoms with E-state index in [1.165, 1.54) is 4.88 Å². The van der Waals surface area contributed by atoms with Gasteiger partial charge < -0.3 is 15.0 Å². The number of H-pyrrole nitrogens is 1.